The quantitative estimate of drug-likeness (QED) is 0.648. The van der Waals surface area contributed by atoms with Crippen molar-refractivity contribution in [3.8, 4) is 0 Å². The molecule has 2 aliphatic rings. The van der Waals surface area contributed by atoms with E-state index in [9.17, 15) is 5.11 Å². The minimum atomic E-state index is -0.266. The molecule has 0 aromatic rings. The van der Waals surface area contributed by atoms with Gasteiger partial charge in [-0.3, -0.25) is 0 Å². The molecule has 0 amide bonds. The van der Waals surface area contributed by atoms with E-state index in [0.29, 0.717) is 12.5 Å². The highest BCUT2D eigenvalue weighted by Gasteiger charge is 2.65. The van der Waals surface area contributed by atoms with Crippen molar-refractivity contribution in [3.05, 3.63) is 0 Å². The first-order valence-corrected chi connectivity index (χ1v) is 5.97. The van der Waals surface area contributed by atoms with Gasteiger partial charge in [0.25, 0.3) is 0 Å². The Balaban J connectivity index is 2.18. The lowest BCUT2D eigenvalue weighted by Crippen LogP contribution is -2.47. The van der Waals surface area contributed by atoms with Crippen molar-refractivity contribution >= 4 is 0 Å². The molecule has 0 saturated heterocycles. The molecular weight excluding hydrogens is 190 g/mol. The predicted molar refractivity (Wildman–Crippen MR) is 59.5 cm³/mol. The Kier molecular flexibility index (Phi) is 2.61. The van der Waals surface area contributed by atoms with Crippen molar-refractivity contribution in [3.63, 3.8) is 0 Å². The molecule has 2 saturated carbocycles. The van der Waals surface area contributed by atoms with Crippen LogP contribution in [0.4, 0.5) is 0 Å². The van der Waals surface area contributed by atoms with Gasteiger partial charge in [0.1, 0.15) is 0 Å². The zero-order chi connectivity index (χ0) is 11.3. The number of rotatable bonds is 3. The van der Waals surface area contributed by atoms with Crippen molar-refractivity contribution in [1.29, 1.82) is 0 Å². The molecule has 4 atom stereocenters. The van der Waals surface area contributed by atoms with Crippen LogP contribution in [0.15, 0.2) is 0 Å². The molecular formula is C12H23NO2. The van der Waals surface area contributed by atoms with Gasteiger partial charge in [-0.15, -0.1) is 0 Å². The Morgan fingerprint density at radius 1 is 1.33 bits per heavy atom. The van der Waals surface area contributed by atoms with Crippen molar-refractivity contribution in [2.24, 2.45) is 16.7 Å². The summed E-state index contributed by atoms with van der Waals surface area (Å²) >= 11 is 0. The lowest BCUT2D eigenvalue weighted by Gasteiger charge is -2.37. The van der Waals surface area contributed by atoms with Gasteiger partial charge in [-0.05, 0) is 24.2 Å². The number of fused-ring (bicyclic) bond motifs is 2. The fraction of sp³-hybridized carbons (Fsp3) is 1.00. The van der Waals surface area contributed by atoms with Gasteiger partial charge in [-0.2, -0.15) is 0 Å². The molecule has 3 N–H and O–H groups in total. The van der Waals surface area contributed by atoms with E-state index in [0.717, 1.165) is 6.42 Å². The number of hydrogen-bond acceptors (Lipinski definition) is 3. The van der Waals surface area contributed by atoms with E-state index in [-0.39, 0.29) is 29.6 Å². The zero-order valence-corrected chi connectivity index (χ0v) is 9.95. The Morgan fingerprint density at radius 2 is 2.00 bits per heavy atom. The van der Waals surface area contributed by atoms with Crippen LogP contribution >= 0.6 is 0 Å². The standard InChI is InChI=1S/C12H23NO2/c1-11(2)8-4-5-12(11,3)10(15)9(8)13-6-7-14/h8-10,13-15H,4-7H2,1-3H3/t8-,9-,10+,12-/m0/s1. The summed E-state index contributed by atoms with van der Waals surface area (Å²) < 4.78 is 0. The second-order valence-electron chi connectivity index (χ2n) is 5.93. The molecule has 88 valence electrons. The Labute approximate surface area is 91.9 Å². The van der Waals surface area contributed by atoms with E-state index >= 15 is 0 Å². The van der Waals surface area contributed by atoms with E-state index < -0.39 is 0 Å². The van der Waals surface area contributed by atoms with Gasteiger partial charge in [-0.25, -0.2) is 0 Å². The van der Waals surface area contributed by atoms with E-state index in [2.05, 4.69) is 26.1 Å². The van der Waals surface area contributed by atoms with Gasteiger partial charge in [0.15, 0.2) is 0 Å². The predicted octanol–water partition coefficient (Wildman–Crippen LogP) is 0.754. The first-order chi connectivity index (χ1) is 6.95. The second-order valence-corrected chi connectivity index (χ2v) is 5.93. The fourth-order valence-electron chi connectivity index (χ4n) is 3.82. The largest absolute Gasteiger partial charge is 0.395 e. The Morgan fingerprint density at radius 3 is 2.47 bits per heavy atom. The summed E-state index contributed by atoms with van der Waals surface area (Å²) in [5.41, 5.74) is 0.254. The lowest BCUT2D eigenvalue weighted by atomic mass is 9.70. The lowest BCUT2D eigenvalue weighted by molar-refractivity contribution is -0.000375. The van der Waals surface area contributed by atoms with Crippen LogP contribution < -0.4 is 5.32 Å². The number of hydrogen-bond donors (Lipinski definition) is 3. The molecule has 0 aromatic carbocycles. The Hall–Kier alpha value is -0.120. The van der Waals surface area contributed by atoms with Crippen LogP contribution in [-0.2, 0) is 0 Å². The molecule has 0 unspecified atom stereocenters. The summed E-state index contributed by atoms with van der Waals surface area (Å²) in [6.45, 7) is 7.48. The van der Waals surface area contributed by atoms with Crippen LogP contribution in [-0.4, -0.2) is 35.5 Å². The van der Waals surface area contributed by atoms with Gasteiger partial charge >= 0.3 is 0 Å². The summed E-state index contributed by atoms with van der Waals surface area (Å²) in [5, 5.41) is 22.5. The van der Waals surface area contributed by atoms with Gasteiger partial charge in [0, 0.05) is 18.0 Å². The molecule has 2 rings (SSSR count). The topological polar surface area (TPSA) is 52.5 Å². The van der Waals surface area contributed by atoms with Crippen LogP contribution in [0.2, 0.25) is 0 Å². The van der Waals surface area contributed by atoms with E-state index in [4.69, 9.17) is 5.11 Å². The average molecular weight is 213 g/mol. The molecule has 15 heavy (non-hydrogen) atoms. The van der Waals surface area contributed by atoms with Crippen LogP contribution in [0.5, 0.6) is 0 Å². The highest BCUT2D eigenvalue weighted by molar-refractivity contribution is 5.16. The molecule has 0 radical (unpaired) electrons. The zero-order valence-electron chi connectivity index (χ0n) is 9.95. The monoisotopic (exact) mass is 213 g/mol. The first-order valence-electron chi connectivity index (χ1n) is 5.97. The highest BCUT2D eigenvalue weighted by Crippen LogP contribution is 2.65. The van der Waals surface area contributed by atoms with Crippen molar-refractivity contribution in [1.82, 2.24) is 5.32 Å². The minimum Gasteiger partial charge on any atom is -0.395 e. The fourth-order valence-corrected chi connectivity index (χ4v) is 3.82. The van der Waals surface area contributed by atoms with E-state index in [1.54, 1.807) is 0 Å². The van der Waals surface area contributed by atoms with Crippen LogP contribution in [0.3, 0.4) is 0 Å². The van der Waals surface area contributed by atoms with Crippen LogP contribution in [0.1, 0.15) is 33.6 Å². The van der Waals surface area contributed by atoms with Crippen LogP contribution in [0.25, 0.3) is 0 Å². The molecule has 2 bridgehead atoms. The average Bonchev–Trinajstić information content (AvgIpc) is 2.48. The minimum absolute atomic E-state index is 0.0464. The summed E-state index contributed by atoms with van der Waals surface area (Å²) in [4.78, 5) is 0. The number of nitrogens with one attached hydrogen (secondary N) is 1. The maximum absolute atomic E-state index is 10.4. The molecule has 0 aromatic heterocycles. The maximum Gasteiger partial charge on any atom is 0.0754 e. The summed E-state index contributed by atoms with van der Waals surface area (Å²) in [7, 11) is 0. The molecule has 2 aliphatic carbocycles. The number of aliphatic hydroxyl groups excluding tert-OH is 2. The SMILES string of the molecule is CC1(C)[C@H]2CC[C@@]1(C)[C@H](O)[C@H]2NCCO. The molecule has 2 fully saturated rings. The smallest absolute Gasteiger partial charge is 0.0754 e. The molecule has 0 heterocycles. The van der Waals surface area contributed by atoms with Crippen molar-refractivity contribution in [2.75, 3.05) is 13.2 Å². The first kappa shape index (κ1) is 11.4. The van der Waals surface area contributed by atoms with Gasteiger partial charge in [-0.1, -0.05) is 20.8 Å². The molecule has 3 heteroatoms. The molecule has 3 nitrogen and oxygen atoms in total. The third kappa shape index (κ3) is 1.30. The highest BCUT2D eigenvalue weighted by atomic mass is 16.3. The summed E-state index contributed by atoms with van der Waals surface area (Å²) in [6, 6.07) is 0.172. The molecule has 0 aliphatic heterocycles. The third-order valence-corrected chi connectivity index (χ3v) is 5.29. The van der Waals surface area contributed by atoms with Gasteiger partial charge in [0.05, 0.1) is 12.7 Å². The maximum atomic E-state index is 10.4. The van der Waals surface area contributed by atoms with Gasteiger partial charge in [0.2, 0.25) is 0 Å². The van der Waals surface area contributed by atoms with E-state index in [1.165, 1.54) is 6.42 Å². The number of aliphatic hydroxyl groups is 2. The van der Waals surface area contributed by atoms with Gasteiger partial charge < -0.3 is 15.5 Å². The molecule has 0 spiro atoms. The second kappa shape index (κ2) is 3.44. The normalized spacial score (nSPS) is 47.4. The summed E-state index contributed by atoms with van der Waals surface area (Å²) in [6.07, 6.45) is 2.06. The van der Waals surface area contributed by atoms with Crippen LogP contribution in [0, 0.1) is 16.7 Å². The van der Waals surface area contributed by atoms with Crippen molar-refractivity contribution in [2.45, 2.75) is 45.8 Å². The van der Waals surface area contributed by atoms with E-state index in [1.807, 2.05) is 0 Å². The van der Waals surface area contributed by atoms with Crippen molar-refractivity contribution < 1.29 is 10.2 Å². The summed E-state index contributed by atoms with van der Waals surface area (Å²) in [5.74, 6) is 0.545. The third-order valence-electron chi connectivity index (χ3n) is 5.29. The Bertz CT molecular complexity index is 254.